The molecule has 1 aliphatic carbocycles. The summed E-state index contributed by atoms with van der Waals surface area (Å²) in [6.45, 7) is 0. The molecule has 1 unspecified atom stereocenters. The monoisotopic (exact) mass is 285 g/mol. The van der Waals surface area contributed by atoms with Gasteiger partial charge in [-0.3, -0.25) is 0 Å². The minimum absolute atomic E-state index is 0.171. The molecule has 2 aromatic rings. The van der Waals surface area contributed by atoms with E-state index in [-0.39, 0.29) is 6.04 Å². The lowest BCUT2D eigenvalue weighted by molar-refractivity contribution is 0.337. The van der Waals surface area contributed by atoms with Crippen LogP contribution >= 0.6 is 0 Å². The largest absolute Gasteiger partial charge is 0.338 e. The first-order chi connectivity index (χ1) is 10.3. The maximum atomic E-state index is 6.19. The molecule has 0 radical (unpaired) electrons. The van der Waals surface area contributed by atoms with Crippen LogP contribution in [0.1, 0.15) is 67.8 Å². The van der Waals surface area contributed by atoms with Crippen LogP contribution in [0.5, 0.6) is 0 Å². The summed E-state index contributed by atoms with van der Waals surface area (Å²) in [5, 5.41) is 4.15. The first-order valence-electron chi connectivity index (χ1n) is 7.96. The lowest BCUT2D eigenvalue weighted by Gasteiger charge is -2.17. The molecule has 0 amide bonds. The van der Waals surface area contributed by atoms with Gasteiger partial charge in [-0.05, 0) is 31.2 Å². The van der Waals surface area contributed by atoms with Crippen molar-refractivity contribution in [2.24, 2.45) is 5.73 Å². The Bertz CT molecular complexity index is 546. The highest BCUT2D eigenvalue weighted by Gasteiger charge is 2.22. The Morgan fingerprint density at radius 1 is 1.14 bits per heavy atom. The van der Waals surface area contributed by atoms with E-state index in [2.05, 4.69) is 34.4 Å². The fourth-order valence-electron chi connectivity index (χ4n) is 3.01. The normalized spacial score (nSPS) is 17.8. The Kier molecular flexibility index (Phi) is 4.65. The topological polar surface area (TPSA) is 64.9 Å². The minimum atomic E-state index is -0.171. The molecule has 1 aromatic heterocycles. The van der Waals surface area contributed by atoms with Crippen molar-refractivity contribution < 1.29 is 4.52 Å². The molecule has 3 rings (SSSR count). The van der Waals surface area contributed by atoms with Gasteiger partial charge in [0.15, 0.2) is 5.82 Å². The molecule has 1 fully saturated rings. The molecule has 1 aromatic carbocycles. The Morgan fingerprint density at radius 3 is 2.67 bits per heavy atom. The molecule has 0 bridgehead atoms. The smallest absolute Gasteiger partial charge is 0.243 e. The molecule has 112 valence electrons. The summed E-state index contributed by atoms with van der Waals surface area (Å²) in [6.07, 6.45) is 8.00. The van der Waals surface area contributed by atoms with Crippen LogP contribution in [0.15, 0.2) is 34.9 Å². The van der Waals surface area contributed by atoms with Gasteiger partial charge in [-0.2, -0.15) is 4.98 Å². The van der Waals surface area contributed by atoms with Gasteiger partial charge >= 0.3 is 0 Å². The Balaban J connectivity index is 1.57. The Hall–Kier alpha value is -1.68. The zero-order valence-corrected chi connectivity index (χ0v) is 12.4. The van der Waals surface area contributed by atoms with Crippen molar-refractivity contribution in [3.8, 4) is 0 Å². The van der Waals surface area contributed by atoms with E-state index in [1.807, 2.05) is 6.07 Å². The van der Waals surface area contributed by atoms with Crippen molar-refractivity contribution >= 4 is 0 Å². The highest BCUT2D eigenvalue weighted by atomic mass is 16.5. The highest BCUT2D eigenvalue weighted by molar-refractivity contribution is 5.15. The first-order valence-corrected chi connectivity index (χ1v) is 7.96. The Morgan fingerprint density at radius 2 is 1.90 bits per heavy atom. The van der Waals surface area contributed by atoms with Gasteiger partial charge in [-0.25, -0.2) is 0 Å². The van der Waals surface area contributed by atoms with Crippen molar-refractivity contribution in [2.45, 2.75) is 56.9 Å². The maximum absolute atomic E-state index is 6.19. The van der Waals surface area contributed by atoms with Gasteiger partial charge in [0.05, 0.1) is 6.04 Å². The average molecular weight is 285 g/mol. The number of rotatable bonds is 5. The second-order valence-corrected chi connectivity index (χ2v) is 5.96. The Labute approximate surface area is 125 Å². The van der Waals surface area contributed by atoms with E-state index < -0.39 is 0 Å². The molecule has 1 heterocycles. The van der Waals surface area contributed by atoms with E-state index in [0.717, 1.165) is 18.7 Å². The zero-order chi connectivity index (χ0) is 14.5. The summed E-state index contributed by atoms with van der Waals surface area (Å²) in [4.78, 5) is 4.54. The van der Waals surface area contributed by atoms with Crippen LogP contribution in [0, 0.1) is 0 Å². The molecule has 0 aliphatic heterocycles. The van der Waals surface area contributed by atoms with Crippen molar-refractivity contribution in [1.82, 2.24) is 10.1 Å². The van der Waals surface area contributed by atoms with E-state index in [1.165, 1.54) is 37.7 Å². The summed E-state index contributed by atoms with van der Waals surface area (Å²) in [5.74, 6) is 1.92. The van der Waals surface area contributed by atoms with Crippen LogP contribution in [-0.2, 0) is 6.42 Å². The number of benzene rings is 1. The molecular formula is C17H23N3O. The number of aromatic nitrogens is 2. The molecule has 1 aliphatic rings. The van der Waals surface area contributed by atoms with Crippen LogP contribution in [0.4, 0.5) is 0 Å². The number of nitrogens with two attached hydrogens (primary N) is 1. The van der Waals surface area contributed by atoms with Crippen LogP contribution in [0.2, 0.25) is 0 Å². The summed E-state index contributed by atoms with van der Waals surface area (Å²) < 4.78 is 5.38. The van der Waals surface area contributed by atoms with E-state index in [0.29, 0.717) is 11.8 Å². The lowest BCUT2D eigenvalue weighted by atomic mass is 9.89. The fraction of sp³-hybridized carbons (Fsp3) is 0.529. The second-order valence-electron chi connectivity index (χ2n) is 5.96. The summed E-state index contributed by atoms with van der Waals surface area (Å²) in [5.41, 5.74) is 7.48. The van der Waals surface area contributed by atoms with Gasteiger partial charge in [0.25, 0.3) is 0 Å². The molecule has 0 saturated heterocycles. The minimum Gasteiger partial charge on any atom is -0.338 e. The molecule has 1 saturated carbocycles. The van der Waals surface area contributed by atoms with Gasteiger partial charge in [-0.15, -0.1) is 0 Å². The van der Waals surface area contributed by atoms with Gasteiger partial charge in [-0.1, -0.05) is 54.8 Å². The number of hydrogen-bond acceptors (Lipinski definition) is 4. The molecule has 4 heteroatoms. The quantitative estimate of drug-likeness (QED) is 0.908. The lowest BCUT2D eigenvalue weighted by Crippen LogP contribution is -2.12. The second kappa shape index (κ2) is 6.85. The van der Waals surface area contributed by atoms with Gasteiger partial charge in [0.1, 0.15) is 0 Å². The third kappa shape index (κ3) is 3.70. The molecular weight excluding hydrogens is 262 g/mol. The molecule has 0 spiro atoms. The van der Waals surface area contributed by atoms with E-state index in [4.69, 9.17) is 10.3 Å². The molecule has 2 N–H and O–H groups in total. The summed E-state index contributed by atoms with van der Waals surface area (Å²) in [6, 6.07) is 10.2. The van der Waals surface area contributed by atoms with Crippen molar-refractivity contribution in [3.63, 3.8) is 0 Å². The van der Waals surface area contributed by atoms with E-state index in [9.17, 15) is 0 Å². The predicted octanol–water partition coefficient (Wildman–Crippen LogP) is 3.75. The fourth-order valence-corrected chi connectivity index (χ4v) is 3.01. The summed E-state index contributed by atoms with van der Waals surface area (Å²) in [7, 11) is 0. The van der Waals surface area contributed by atoms with Gasteiger partial charge in [0.2, 0.25) is 5.89 Å². The SMILES string of the molecule is NC(CCc1ccccc1)c1nc(C2CCCCC2)no1. The highest BCUT2D eigenvalue weighted by Crippen LogP contribution is 2.31. The zero-order valence-electron chi connectivity index (χ0n) is 12.4. The number of nitrogens with zero attached hydrogens (tertiary/aromatic N) is 2. The molecule has 21 heavy (non-hydrogen) atoms. The third-order valence-electron chi connectivity index (χ3n) is 4.33. The number of aryl methyl sites for hydroxylation is 1. The summed E-state index contributed by atoms with van der Waals surface area (Å²) >= 11 is 0. The van der Waals surface area contributed by atoms with Crippen LogP contribution in [0.3, 0.4) is 0 Å². The van der Waals surface area contributed by atoms with Crippen LogP contribution in [-0.4, -0.2) is 10.1 Å². The number of hydrogen-bond donors (Lipinski definition) is 1. The van der Waals surface area contributed by atoms with Crippen LogP contribution < -0.4 is 5.73 Å². The van der Waals surface area contributed by atoms with Crippen LogP contribution in [0.25, 0.3) is 0 Å². The van der Waals surface area contributed by atoms with Crippen molar-refractivity contribution in [2.75, 3.05) is 0 Å². The van der Waals surface area contributed by atoms with Gasteiger partial charge in [0, 0.05) is 5.92 Å². The average Bonchev–Trinajstić information content (AvgIpc) is 3.04. The van der Waals surface area contributed by atoms with Gasteiger partial charge < -0.3 is 10.3 Å². The van der Waals surface area contributed by atoms with E-state index >= 15 is 0 Å². The first kappa shape index (κ1) is 14.3. The third-order valence-corrected chi connectivity index (χ3v) is 4.33. The van der Waals surface area contributed by atoms with Crippen molar-refractivity contribution in [3.05, 3.63) is 47.6 Å². The predicted molar refractivity (Wildman–Crippen MR) is 81.8 cm³/mol. The van der Waals surface area contributed by atoms with E-state index in [1.54, 1.807) is 0 Å². The molecule has 1 atom stereocenters. The standard InChI is InChI=1S/C17H23N3O/c18-15(12-11-13-7-3-1-4-8-13)17-19-16(20-21-17)14-9-5-2-6-10-14/h1,3-4,7-8,14-15H,2,5-6,9-12,18H2. The van der Waals surface area contributed by atoms with Crippen molar-refractivity contribution in [1.29, 1.82) is 0 Å². The maximum Gasteiger partial charge on any atom is 0.243 e. The molecule has 4 nitrogen and oxygen atoms in total.